The zero-order valence-electron chi connectivity index (χ0n) is 10.1. The van der Waals surface area contributed by atoms with E-state index in [1.54, 1.807) is 0 Å². The Morgan fingerprint density at radius 3 is 2.21 bits per heavy atom. The topological polar surface area (TPSA) is 12.0 Å². The van der Waals surface area contributed by atoms with Gasteiger partial charge in [-0.1, -0.05) is 13.8 Å². The molecule has 0 aromatic heterocycles. The first-order valence-corrected chi connectivity index (χ1v) is 7.02. The SMILES string of the molecule is CNC1CCC(CC(C)(C)SC)CC1. The van der Waals surface area contributed by atoms with Gasteiger partial charge in [-0.15, -0.1) is 0 Å². The fourth-order valence-electron chi connectivity index (χ4n) is 2.43. The van der Waals surface area contributed by atoms with Gasteiger partial charge in [-0.2, -0.15) is 11.8 Å². The maximum Gasteiger partial charge on any atom is 0.0103 e. The van der Waals surface area contributed by atoms with E-state index in [1.165, 1.54) is 32.1 Å². The summed E-state index contributed by atoms with van der Waals surface area (Å²) < 4.78 is 0.483. The lowest BCUT2D eigenvalue weighted by Crippen LogP contribution is -2.32. The fraction of sp³-hybridized carbons (Fsp3) is 1.00. The van der Waals surface area contributed by atoms with E-state index in [4.69, 9.17) is 0 Å². The van der Waals surface area contributed by atoms with Gasteiger partial charge >= 0.3 is 0 Å². The van der Waals surface area contributed by atoms with Crippen LogP contribution in [0.3, 0.4) is 0 Å². The molecule has 1 aliphatic carbocycles. The molecule has 0 spiro atoms. The second-order valence-corrected chi connectivity index (χ2v) is 6.69. The van der Waals surface area contributed by atoms with Crippen molar-refractivity contribution in [3.8, 4) is 0 Å². The molecule has 0 bridgehead atoms. The Labute approximate surface area is 93.4 Å². The molecule has 2 heteroatoms. The van der Waals surface area contributed by atoms with E-state index in [-0.39, 0.29) is 0 Å². The minimum absolute atomic E-state index is 0.483. The van der Waals surface area contributed by atoms with E-state index in [9.17, 15) is 0 Å². The second kappa shape index (κ2) is 5.41. The summed E-state index contributed by atoms with van der Waals surface area (Å²) in [7, 11) is 2.09. The lowest BCUT2D eigenvalue weighted by molar-refractivity contribution is 0.275. The molecule has 0 atom stereocenters. The summed E-state index contributed by atoms with van der Waals surface area (Å²) in [5.41, 5.74) is 0. The van der Waals surface area contributed by atoms with Crippen LogP contribution in [0.2, 0.25) is 0 Å². The first-order chi connectivity index (χ1) is 6.57. The molecule has 14 heavy (non-hydrogen) atoms. The Morgan fingerprint density at radius 2 is 1.79 bits per heavy atom. The number of rotatable bonds is 4. The molecule has 1 saturated carbocycles. The van der Waals surface area contributed by atoms with Crippen LogP contribution in [-0.2, 0) is 0 Å². The highest BCUT2D eigenvalue weighted by molar-refractivity contribution is 7.99. The normalized spacial score (nSPS) is 29.1. The maximum absolute atomic E-state index is 3.40. The molecule has 1 aliphatic rings. The molecule has 0 heterocycles. The van der Waals surface area contributed by atoms with Crippen molar-refractivity contribution in [3.05, 3.63) is 0 Å². The van der Waals surface area contributed by atoms with Crippen molar-refractivity contribution in [2.45, 2.75) is 56.7 Å². The van der Waals surface area contributed by atoms with Crippen molar-refractivity contribution in [2.75, 3.05) is 13.3 Å². The fourth-order valence-corrected chi connectivity index (χ4v) is 2.84. The smallest absolute Gasteiger partial charge is 0.0103 e. The van der Waals surface area contributed by atoms with Gasteiger partial charge in [0, 0.05) is 10.8 Å². The Morgan fingerprint density at radius 1 is 1.21 bits per heavy atom. The van der Waals surface area contributed by atoms with Crippen molar-refractivity contribution in [2.24, 2.45) is 5.92 Å². The van der Waals surface area contributed by atoms with E-state index >= 15 is 0 Å². The van der Waals surface area contributed by atoms with Crippen LogP contribution in [0.4, 0.5) is 0 Å². The summed E-state index contributed by atoms with van der Waals surface area (Å²) in [5, 5.41) is 3.40. The zero-order valence-corrected chi connectivity index (χ0v) is 10.9. The Bertz CT molecular complexity index is 160. The minimum atomic E-state index is 0.483. The highest BCUT2D eigenvalue weighted by atomic mass is 32.2. The molecule has 1 fully saturated rings. The van der Waals surface area contributed by atoms with Gasteiger partial charge in [0.25, 0.3) is 0 Å². The van der Waals surface area contributed by atoms with Crippen LogP contribution in [0.15, 0.2) is 0 Å². The van der Waals surface area contributed by atoms with E-state index in [1.807, 2.05) is 11.8 Å². The quantitative estimate of drug-likeness (QED) is 0.772. The summed E-state index contributed by atoms with van der Waals surface area (Å²) in [4.78, 5) is 0. The lowest BCUT2D eigenvalue weighted by Gasteiger charge is -2.33. The Balaban J connectivity index is 2.28. The monoisotopic (exact) mass is 215 g/mol. The van der Waals surface area contributed by atoms with Crippen molar-refractivity contribution < 1.29 is 0 Å². The standard InChI is InChI=1S/C12H25NS/c1-12(2,14-4)9-10-5-7-11(13-3)8-6-10/h10-11,13H,5-9H2,1-4H3. The molecular formula is C12H25NS. The van der Waals surface area contributed by atoms with Crippen molar-refractivity contribution >= 4 is 11.8 Å². The number of nitrogens with one attached hydrogen (secondary N) is 1. The van der Waals surface area contributed by atoms with E-state index in [0.717, 1.165) is 12.0 Å². The molecule has 1 N–H and O–H groups in total. The maximum atomic E-state index is 3.40. The van der Waals surface area contributed by atoms with Gasteiger partial charge in [0.2, 0.25) is 0 Å². The minimum Gasteiger partial charge on any atom is -0.317 e. The Kier molecular flexibility index (Phi) is 4.78. The van der Waals surface area contributed by atoms with Crippen LogP contribution in [0, 0.1) is 5.92 Å². The largest absolute Gasteiger partial charge is 0.317 e. The van der Waals surface area contributed by atoms with Gasteiger partial charge in [0.05, 0.1) is 0 Å². The van der Waals surface area contributed by atoms with Gasteiger partial charge in [0.15, 0.2) is 0 Å². The summed E-state index contributed by atoms with van der Waals surface area (Å²) >= 11 is 2.01. The van der Waals surface area contributed by atoms with Crippen molar-refractivity contribution in [3.63, 3.8) is 0 Å². The molecular weight excluding hydrogens is 190 g/mol. The van der Waals surface area contributed by atoms with E-state index in [0.29, 0.717) is 4.75 Å². The Hall–Kier alpha value is 0.310. The highest BCUT2D eigenvalue weighted by Crippen LogP contribution is 2.35. The third-order valence-corrected chi connectivity index (χ3v) is 4.86. The zero-order chi connectivity index (χ0) is 10.6. The second-order valence-electron chi connectivity index (χ2n) is 5.17. The molecule has 0 aromatic rings. The van der Waals surface area contributed by atoms with Crippen LogP contribution in [0.25, 0.3) is 0 Å². The van der Waals surface area contributed by atoms with Crippen molar-refractivity contribution in [1.29, 1.82) is 0 Å². The molecule has 1 rings (SSSR count). The van der Waals surface area contributed by atoms with Gasteiger partial charge in [-0.05, 0) is 51.3 Å². The van der Waals surface area contributed by atoms with E-state index in [2.05, 4.69) is 32.5 Å². The highest BCUT2D eigenvalue weighted by Gasteiger charge is 2.26. The van der Waals surface area contributed by atoms with Gasteiger partial charge in [-0.25, -0.2) is 0 Å². The van der Waals surface area contributed by atoms with E-state index < -0.39 is 0 Å². The van der Waals surface area contributed by atoms with Crippen LogP contribution >= 0.6 is 11.8 Å². The first-order valence-electron chi connectivity index (χ1n) is 5.80. The number of hydrogen-bond acceptors (Lipinski definition) is 2. The third kappa shape index (κ3) is 3.82. The average molecular weight is 215 g/mol. The summed E-state index contributed by atoms with van der Waals surface area (Å²) in [6, 6.07) is 0.795. The third-order valence-electron chi connectivity index (χ3n) is 3.59. The van der Waals surface area contributed by atoms with Gasteiger partial charge in [0.1, 0.15) is 0 Å². The molecule has 0 unspecified atom stereocenters. The summed E-state index contributed by atoms with van der Waals surface area (Å²) in [6.45, 7) is 4.75. The van der Waals surface area contributed by atoms with Crippen LogP contribution < -0.4 is 5.32 Å². The number of thioether (sulfide) groups is 1. The van der Waals surface area contributed by atoms with Crippen LogP contribution in [-0.4, -0.2) is 24.1 Å². The van der Waals surface area contributed by atoms with Gasteiger partial charge < -0.3 is 5.32 Å². The average Bonchev–Trinajstić information content (AvgIpc) is 2.19. The molecule has 84 valence electrons. The number of hydrogen-bond donors (Lipinski definition) is 1. The molecule has 0 radical (unpaired) electrons. The molecule has 1 nitrogen and oxygen atoms in total. The molecule has 0 amide bonds. The molecule has 0 aromatic carbocycles. The first kappa shape index (κ1) is 12.4. The predicted molar refractivity (Wildman–Crippen MR) is 67.0 cm³/mol. The van der Waals surface area contributed by atoms with Crippen molar-refractivity contribution in [1.82, 2.24) is 5.32 Å². The molecule has 0 saturated heterocycles. The van der Waals surface area contributed by atoms with Crippen LogP contribution in [0.1, 0.15) is 46.0 Å². The summed E-state index contributed by atoms with van der Waals surface area (Å²) in [5.74, 6) is 0.974. The molecule has 0 aliphatic heterocycles. The predicted octanol–water partition coefficient (Wildman–Crippen LogP) is 3.30. The summed E-state index contributed by atoms with van der Waals surface area (Å²) in [6.07, 6.45) is 9.24. The lowest BCUT2D eigenvalue weighted by atomic mass is 9.81. The van der Waals surface area contributed by atoms with Gasteiger partial charge in [-0.3, -0.25) is 0 Å². The van der Waals surface area contributed by atoms with Crippen LogP contribution in [0.5, 0.6) is 0 Å².